The van der Waals surface area contributed by atoms with E-state index in [4.69, 9.17) is 4.52 Å². The first-order valence-corrected chi connectivity index (χ1v) is 21.1. The lowest BCUT2D eigenvalue weighted by molar-refractivity contribution is 0.134. The molecule has 5 heteroatoms. The Morgan fingerprint density at radius 1 is 0.419 bits per heavy atom. The second kappa shape index (κ2) is 32.1. The molecule has 0 heterocycles. The smallest absolute Gasteiger partial charge is 0.303 e. The zero-order valence-electron chi connectivity index (χ0n) is 29.8. The van der Waals surface area contributed by atoms with Crippen molar-refractivity contribution in [3.63, 3.8) is 0 Å². The number of phosphoric acid groups is 1. The summed E-state index contributed by atoms with van der Waals surface area (Å²) < 4.78 is 17.0. The Balaban J connectivity index is 5.26. The maximum absolute atomic E-state index is 11.8. The predicted octanol–water partition coefficient (Wildman–Crippen LogP) is 13.7. The van der Waals surface area contributed by atoms with Gasteiger partial charge in [0.25, 0.3) is 0 Å². The lowest BCUT2D eigenvalue weighted by atomic mass is 9.80. The molecule has 0 aliphatic heterocycles. The SMILES string of the molecule is CCCCCCCCCC(CCCCCCC)CC(COP(=O)(O)O)CC(CCCCCCC)CCCCCCCCC. The quantitative estimate of drug-likeness (QED) is 0.0540. The number of hydrogen-bond donors (Lipinski definition) is 2. The average Bonchev–Trinajstić information content (AvgIpc) is 2.97. The van der Waals surface area contributed by atoms with Crippen LogP contribution >= 0.6 is 7.82 Å². The van der Waals surface area contributed by atoms with Crippen LogP contribution in [0, 0.1) is 17.8 Å². The molecule has 0 saturated carbocycles. The fraction of sp³-hybridized carbons (Fsp3) is 1.00. The third-order valence-corrected chi connectivity index (χ3v) is 10.2. The molecule has 0 aliphatic carbocycles. The van der Waals surface area contributed by atoms with Gasteiger partial charge in [0, 0.05) is 0 Å². The summed E-state index contributed by atoms with van der Waals surface area (Å²) in [6, 6.07) is 0. The minimum atomic E-state index is -4.45. The molecular weight excluding hydrogens is 551 g/mol. The van der Waals surface area contributed by atoms with Crippen LogP contribution in [0.1, 0.15) is 220 Å². The van der Waals surface area contributed by atoms with E-state index in [0.717, 1.165) is 12.8 Å². The van der Waals surface area contributed by atoms with Crippen molar-refractivity contribution in [2.24, 2.45) is 17.8 Å². The van der Waals surface area contributed by atoms with Crippen molar-refractivity contribution < 1.29 is 18.9 Å². The maximum Gasteiger partial charge on any atom is 0.469 e. The van der Waals surface area contributed by atoms with Gasteiger partial charge in [0.05, 0.1) is 6.61 Å². The second-order valence-corrected chi connectivity index (χ2v) is 15.3. The molecule has 0 saturated heterocycles. The standard InChI is InChI=1S/C38H79O4P/c1-5-9-13-17-19-23-27-31-36(29-25-21-15-11-7-3)33-38(35-42-43(39,40)41)34-37(30-26-22-16-12-8-4)32-28-24-20-18-14-10-6-2/h36-38H,5-35H2,1-4H3,(H2,39,40,41). The molecule has 0 fully saturated rings. The van der Waals surface area contributed by atoms with E-state index >= 15 is 0 Å². The van der Waals surface area contributed by atoms with Gasteiger partial charge in [-0.25, -0.2) is 4.57 Å². The number of phosphoric ester groups is 1. The Morgan fingerprint density at radius 3 is 0.930 bits per heavy atom. The summed E-state index contributed by atoms with van der Waals surface area (Å²) in [7, 11) is -4.45. The van der Waals surface area contributed by atoms with Gasteiger partial charge in [0.1, 0.15) is 0 Å². The molecule has 0 spiro atoms. The summed E-state index contributed by atoms with van der Waals surface area (Å²) in [6.45, 7) is 9.34. The van der Waals surface area contributed by atoms with Crippen LogP contribution in [0.4, 0.5) is 0 Å². The minimum Gasteiger partial charge on any atom is -0.303 e. The highest BCUT2D eigenvalue weighted by molar-refractivity contribution is 7.46. The van der Waals surface area contributed by atoms with E-state index in [9.17, 15) is 14.4 Å². The molecule has 0 rings (SSSR count). The van der Waals surface area contributed by atoms with Gasteiger partial charge in [-0.15, -0.1) is 0 Å². The van der Waals surface area contributed by atoms with Gasteiger partial charge in [-0.1, -0.05) is 207 Å². The first-order valence-electron chi connectivity index (χ1n) is 19.6. The highest BCUT2D eigenvalue weighted by atomic mass is 31.2. The zero-order chi connectivity index (χ0) is 31.9. The topological polar surface area (TPSA) is 66.8 Å². The molecule has 43 heavy (non-hydrogen) atoms. The molecule has 0 aromatic rings. The molecule has 4 nitrogen and oxygen atoms in total. The van der Waals surface area contributed by atoms with Gasteiger partial charge in [-0.3, -0.25) is 4.52 Å². The van der Waals surface area contributed by atoms with E-state index < -0.39 is 7.82 Å². The largest absolute Gasteiger partial charge is 0.469 e. The Kier molecular flexibility index (Phi) is 32.1. The van der Waals surface area contributed by atoms with Crippen molar-refractivity contribution in [3.8, 4) is 0 Å². The predicted molar refractivity (Wildman–Crippen MR) is 190 cm³/mol. The van der Waals surface area contributed by atoms with Gasteiger partial charge in [-0.2, -0.15) is 0 Å². The molecule has 0 radical (unpaired) electrons. The van der Waals surface area contributed by atoms with Crippen molar-refractivity contribution in [3.05, 3.63) is 0 Å². The molecule has 0 aliphatic rings. The van der Waals surface area contributed by atoms with Crippen molar-refractivity contribution in [2.45, 2.75) is 220 Å². The molecule has 260 valence electrons. The Hall–Kier alpha value is 0.110. The van der Waals surface area contributed by atoms with Crippen molar-refractivity contribution in [2.75, 3.05) is 6.61 Å². The van der Waals surface area contributed by atoms with Gasteiger partial charge < -0.3 is 9.79 Å². The van der Waals surface area contributed by atoms with Crippen LogP contribution in [0.15, 0.2) is 0 Å². The first kappa shape index (κ1) is 43.1. The summed E-state index contributed by atoms with van der Waals surface area (Å²) in [5, 5.41) is 0. The van der Waals surface area contributed by atoms with Crippen LogP contribution in [-0.4, -0.2) is 16.4 Å². The lowest BCUT2D eigenvalue weighted by Gasteiger charge is -2.28. The molecule has 0 amide bonds. The van der Waals surface area contributed by atoms with E-state index in [2.05, 4.69) is 27.7 Å². The zero-order valence-corrected chi connectivity index (χ0v) is 30.7. The normalized spacial score (nSPS) is 14.3. The summed E-state index contributed by atoms with van der Waals surface area (Å²) in [4.78, 5) is 19.2. The van der Waals surface area contributed by atoms with Crippen LogP contribution in [0.5, 0.6) is 0 Å². The number of rotatable bonds is 35. The number of hydrogen-bond acceptors (Lipinski definition) is 2. The molecular formula is C38H79O4P. The van der Waals surface area contributed by atoms with Crippen molar-refractivity contribution in [1.82, 2.24) is 0 Å². The highest BCUT2D eigenvalue weighted by Crippen LogP contribution is 2.39. The van der Waals surface area contributed by atoms with Gasteiger partial charge in [-0.05, 0) is 30.6 Å². The molecule has 0 bridgehead atoms. The van der Waals surface area contributed by atoms with E-state index in [-0.39, 0.29) is 12.5 Å². The Labute approximate surface area is 270 Å². The Bertz CT molecular complexity index is 554. The van der Waals surface area contributed by atoms with E-state index in [1.165, 1.54) is 180 Å². The minimum absolute atomic E-state index is 0.219. The monoisotopic (exact) mass is 631 g/mol. The molecule has 2 atom stereocenters. The third kappa shape index (κ3) is 31.9. The summed E-state index contributed by atoms with van der Waals surface area (Å²) in [6.07, 6.45) is 39.2. The van der Waals surface area contributed by atoms with Crippen molar-refractivity contribution >= 4 is 7.82 Å². The van der Waals surface area contributed by atoms with Crippen LogP contribution in [0.3, 0.4) is 0 Å². The lowest BCUT2D eigenvalue weighted by Crippen LogP contribution is -2.19. The summed E-state index contributed by atoms with van der Waals surface area (Å²) in [5.41, 5.74) is 0. The van der Waals surface area contributed by atoms with Crippen LogP contribution in [0.2, 0.25) is 0 Å². The van der Waals surface area contributed by atoms with Crippen LogP contribution in [0.25, 0.3) is 0 Å². The van der Waals surface area contributed by atoms with Gasteiger partial charge in [0.2, 0.25) is 0 Å². The summed E-state index contributed by atoms with van der Waals surface area (Å²) >= 11 is 0. The maximum atomic E-state index is 11.8. The molecule has 0 aromatic heterocycles. The van der Waals surface area contributed by atoms with E-state index in [1.807, 2.05) is 0 Å². The number of unbranched alkanes of at least 4 members (excludes halogenated alkanes) is 20. The first-order chi connectivity index (χ1) is 20.9. The van der Waals surface area contributed by atoms with E-state index in [1.54, 1.807) is 0 Å². The van der Waals surface area contributed by atoms with Crippen LogP contribution < -0.4 is 0 Å². The van der Waals surface area contributed by atoms with Crippen molar-refractivity contribution in [1.29, 1.82) is 0 Å². The fourth-order valence-electron chi connectivity index (χ4n) is 6.99. The second-order valence-electron chi connectivity index (χ2n) is 14.1. The van der Waals surface area contributed by atoms with E-state index in [0.29, 0.717) is 11.8 Å². The fourth-order valence-corrected chi connectivity index (χ4v) is 7.40. The highest BCUT2D eigenvalue weighted by Gasteiger charge is 2.24. The molecule has 2 unspecified atom stereocenters. The van der Waals surface area contributed by atoms with Gasteiger partial charge >= 0.3 is 7.82 Å². The molecule has 0 aromatic carbocycles. The summed E-state index contributed by atoms with van der Waals surface area (Å²) in [5.74, 6) is 1.57. The average molecular weight is 631 g/mol. The van der Waals surface area contributed by atoms with Gasteiger partial charge in [0.15, 0.2) is 0 Å². The van der Waals surface area contributed by atoms with Crippen LogP contribution in [-0.2, 0) is 9.09 Å². The Morgan fingerprint density at radius 2 is 0.674 bits per heavy atom. The third-order valence-electron chi connectivity index (χ3n) is 9.68. The molecule has 2 N–H and O–H groups in total.